The topological polar surface area (TPSA) is 100 Å². The first-order valence-corrected chi connectivity index (χ1v) is 13.8. The van der Waals surface area contributed by atoms with E-state index >= 15 is 4.39 Å². The number of aromatic nitrogens is 2. The summed E-state index contributed by atoms with van der Waals surface area (Å²) in [6.45, 7) is 3.78. The van der Waals surface area contributed by atoms with E-state index in [9.17, 15) is 9.18 Å². The molecule has 0 aliphatic carbocycles. The molecule has 0 aliphatic rings. The summed E-state index contributed by atoms with van der Waals surface area (Å²) < 4.78 is 47.5. The Labute approximate surface area is 253 Å². The van der Waals surface area contributed by atoms with Gasteiger partial charge in [-0.3, -0.25) is 4.57 Å². The van der Waals surface area contributed by atoms with Gasteiger partial charge in [-0.05, 0) is 54.9 Å². The fourth-order valence-electron chi connectivity index (χ4n) is 4.55. The van der Waals surface area contributed by atoms with Crippen LogP contribution in [0.15, 0.2) is 80.4 Å². The highest BCUT2D eigenvalue weighted by atomic mass is 79.9. The minimum atomic E-state index is -0.791. The predicted molar refractivity (Wildman–Crippen MR) is 158 cm³/mol. The van der Waals surface area contributed by atoms with Crippen LogP contribution in [0.3, 0.4) is 0 Å². The lowest BCUT2D eigenvalue weighted by atomic mass is 10.1. The molecule has 0 saturated carbocycles. The second-order valence-electron chi connectivity index (χ2n) is 9.45. The molecular weight excluding hydrogens is 630 g/mol. The van der Waals surface area contributed by atoms with Crippen molar-refractivity contribution < 1.29 is 32.4 Å². The van der Waals surface area contributed by atoms with E-state index in [2.05, 4.69) is 26.6 Å². The number of hydrogen-bond acceptors (Lipinski definition) is 9. The molecule has 5 rings (SSSR count). The largest absolute Gasteiger partial charge is 0.497 e. The zero-order chi connectivity index (χ0) is 30.7. The van der Waals surface area contributed by atoms with E-state index in [-0.39, 0.29) is 29.2 Å². The molecule has 10 nitrogen and oxygen atoms in total. The number of hydroxylamine groups is 1. The number of anilines is 1. The van der Waals surface area contributed by atoms with Crippen molar-refractivity contribution in [3.8, 4) is 17.2 Å². The predicted octanol–water partition coefficient (Wildman–Crippen LogP) is 6.40. The molecule has 3 aromatic carbocycles. The van der Waals surface area contributed by atoms with Gasteiger partial charge in [-0.15, -0.1) is 4.94 Å². The number of benzene rings is 3. The lowest BCUT2D eigenvalue weighted by Gasteiger charge is -2.23. The average Bonchev–Trinajstić information content (AvgIpc) is 3.31. The van der Waals surface area contributed by atoms with E-state index in [0.717, 1.165) is 21.7 Å². The lowest BCUT2D eigenvalue weighted by Crippen LogP contribution is -2.34. The molecule has 0 aliphatic heterocycles. The van der Waals surface area contributed by atoms with Gasteiger partial charge in [0.25, 0.3) is 0 Å². The first kappa shape index (κ1) is 30.0. The first-order valence-electron chi connectivity index (χ1n) is 13.0. The van der Waals surface area contributed by atoms with Crippen molar-refractivity contribution in [1.29, 1.82) is 0 Å². The van der Waals surface area contributed by atoms with E-state index in [1.807, 2.05) is 32.0 Å². The summed E-state index contributed by atoms with van der Waals surface area (Å²) in [5.41, 5.74) is 5.03. The van der Waals surface area contributed by atoms with Gasteiger partial charge in [0, 0.05) is 28.2 Å². The number of ether oxygens (including phenoxy) is 2. The standard InChI is InChI=1S/C30H27BrF2N4O6/c1-17-7-5-8-21(29(17)31)18(2)37-23-14-22(32)25(15-26(23)41-30(37)38)42-35-43-36(28-10-6-9-27(33)34-28)16-19-11-12-20(39-3)13-24(19)40-4/h5-15,18,35H,16H2,1-4H3. The SMILES string of the molecule is COc1ccc(CN(ONOc2cc3oc(=O)n(C(C)c4cccc(C)c4Br)c3cc2F)c2cccc(F)n2)c(OC)c1. The molecule has 2 heterocycles. The number of hydrogen-bond donors (Lipinski definition) is 1. The van der Waals surface area contributed by atoms with Gasteiger partial charge < -0.3 is 18.7 Å². The minimum Gasteiger partial charge on any atom is -0.497 e. The molecule has 1 unspecified atom stereocenters. The zero-order valence-corrected chi connectivity index (χ0v) is 25.1. The summed E-state index contributed by atoms with van der Waals surface area (Å²) in [6.07, 6.45) is 0. The number of pyridine rings is 1. The van der Waals surface area contributed by atoms with Gasteiger partial charge in [0.15, 0.2) is 23.0 Å². The molecule has 0 saturated heterocycles. The van der Waals surface area contributed by atoms with Crippen LogP contribution < -0.4 is 30.8 Å². The highest BCUT2D eigenvalue weighted by Gasteiger charge is 2.22. The Morgan fingerprint density at radius 3 is 2.58 bits per heavy atom. The summed E-state index contributed by atoms with van der Waals surface area (Å²) in [5, 5.41) is 1.18. The van der Waals surface area contributed by atoms with Crippen LogP contribution in [0, 0.1) is 18.7 Å². The maximum absolute atomic E-state index is 15.2. The molecule has 1 atom stereocenters. The van der Waals surface area contributed by atoms with Crippen molar-refractivity contribution in [3.63, 3.8) is 0 Å². The van der Waals surface area contributed by atoms with E-state index < -0.39 is 23.6 Å². The van der Waals surface area contributed by atoms with E-state index in [1.165, 1.54) is 48.1 Å². The van der Waals surface area contributed by atoms with Crippen molar-refractivity contribution in [3.05, 3.63) is 110 Å². The van der Waals surface area contributed by atoms with Gasteiger partial charge in [-0.2, -0.15) is 4.39 Å². The van der Waals surface area contributed by atoms with Gasteiger partial charge in [-0.1, -0.05) is 40.2 Å². The van der Waals surface area contributed by atoms with Gasteiger partial charge >= 0.3 is 5.76 Å². The third kappa shape index (κ3) is 6.33. The molecule has 0 spiro atoms. The van der Waals surface area contributed by atoms with Crippen LogP contribution in [0.25, 0.3) is 11.1 Å². The molecule has 43 heavy (non-hydrogen) atoms. The number of nitrogens with one attached hydrogen (secondary N) is 1. The summed E-state index contributed by atoms with van der Waals surface area (Å²) in [7, 11) is 3.03. The van der Waals surface area contributed by atoms with Crippen LogP contribution >= 0.6 is 15.9 Å². The normalized spacial score (nSPS) is 11.9. The summed E-state index contributed by atoms with van der Waals surface area (Å²) >= 11 is 3.57. The molecule has 224 valence electrons. The van der Waals surface area contributed by atoms with Crippen LogP contribution in [0.4, 0.5) is 14.6 Å². The molecular formula is C30H27BrF2N4O6. The molecule has 0 bridgehead atoms. The Morgan fingerprint density at radius 1 is 1.05 bits per heavy atom. The number of nitrogens with zero attached hydrogens (tertiary/aromatic N) is 3. The van der Waals surface area contributed by atoms with E-state index in [4.69, 9.17) is 23.7 Å². The van der Waals surface area contributed by atoms with Crippen molar-refractivity contribution in [2.24, 2.45) is 0 Å². The Kier molecular flexibility index (Phi) is 8.94. The maximum atomic E-state index is 15.2. The third-order valence-electron chi connectivity index (χ3n) is 6.79. The molecule has 0 fully saturated rings. The zero-order valence-electron chi connectivity index (χ0n) is 23.6. The second-order valence-corrected chi connectivity index (χ2v) is 10.2. The smallest absolute Gasteiger partial charge is 0.420 e. The third-order valence-corrected chi connectivity index (χ3v) is 7.87. The van der Waals surface area contributed by atoms with Gasteiger partial charge in [0.2, 0.25) is 5.95 Å². The minimum absolute atomic E-state index is 0.0195. The van der Waals surface area contributed by atoms with Crippen molar-refractivity contribution in [2.75, 3.05) is 19.3 Å². The highest BCUT2D eigenvalue weighted by Crippen LogP contribution is 2.32. The van der Waals surface area contributed by atoms with Crippen LogP contribution in [0.2, 0.25) is 0 Å². The van der Waals surface area contributed by atoms with Gasteiger partial charge in [0.1, 0.15) is 11.5 Å². The second kappa shape index (κ2) is 12.8. The number of fused-ring (bicyclic) bond motifs is 1. The van der Waals surface area contributed by atoms with Crippen molar-refractivity contribution in [2.45, 2.75) is 26.4 Å². The van der Waals surface area contributed by atoms with Crippen LogP contribution in [-0.4, -0.2) is 23.8 Å². The maximum Gasteiger partial charge on any atom is 0.420 e. The number of halogens is 3. The first-order chi connectivity index (χ1) is 20.7. The number of rotatable bonds is 11. The molecule has 5 aromatic rings. The number of aryl methyl sites for hydroxylation is 1. The van der Waals surface area contributed by atoms with Gasteiger partial charge in [-0.25, -0.2) is 19.2 Å². The number of oxazole rings is 1. The van der Waals surface area contributed by atoms with Crippen LogP contribution in [0.5, 0.6) is 17.2 Å². The fourth-order valence-corrected chi connectivity index (χ4v) is 5.15. The van der Waals surface area contributed by atoms with Crippen LogP contribution in [-0.2, 0) is 11.5 Å². The Hall–Kier alpha value is -4.46. The average molecular weight is 657 g/mol. The van der Waals surface area contributed by atoms with Crippen molar-refractivity contribution >= 4 is 32.8 Å². The summed E-state index contributed by atoms with van der Waals surface area (Å²) in [4.78, 5) is 27.6. The summed E-state index contributed by atoms with van der Waals surface area (Å²) in [6, 6.07) is 16.9. The molecule has 2 aromatic heterocycles. The quantitative estimate of drug-likeness (QED) is 0.128. The summed E-state index contributed by atoms with van der Waals surface area (Å²) in [5.74, 6) is -1.36. The molecule has 0 radical (unpaired) electrons. The highest BCUT2D eigenvalue weighted by molar-refractivity contribution is 9.10. The molecule has 1 N–H and O–H groups in total. The van der Waals surface area contributed by atoms with Gasteiger partial charge in [0.05, 0.1) is 32.3 Å². The molecule has 13 heteroatoms. The molecule has 0 amide bonds. The van der Waals surface area contributed by atoms with Crippen LogP contribution in [0.1, 0.15) is 29.7 Å². The Bertz CT molecular complexity index is 1830. The lowest BCUT2D eigenvalue weighted by molar-refractivity contribution is -0.122. The Morgan fingerprint density at radius 2 is 1.84 bits per heavy atom. The van der Waals surface area contributed by atoms with E-state index in [0.29, 0.717) is 17.1 Å². The fraction of sp³-hybridized carbons (Fsp3) is 0.200. The number of methoxy groups -OCH3 is 2. The Balaban J connectivity index is 1.38. The van der Waals surface area contributed by atoms with Crippen molar-refractivity contribution in [1.82, 2.24) is 15.2 Å². The van der Waals surface area contributed by atoms with E-state index in [1.54, 1.807) is 18.2 Å². The monoisotopic (exact) mass is 656 g/mol.